The van der Waals surface area contributed by atoms with Crippen LogP contribution in [0.4, 0.5) is 41.2 Å². The Morgan fingerprint density at radius 3 is 2.37 bits per heavy atom. The minimum absolute atomic E-state index is 0.0143. The quantitative estimate of drug-likeness (QED) is 0.252. The van der Waals surface area contributed by atoms with Gasteiger partial charge in [-0.25, -0.2) is 14.2 Å². The van der Waals surface area contributed by atoms with Gasteiger partial charge in [0.2, 0.25) is 5.84 Å². The molecule has 0 fully saturated rings. The van der Waals surface area contributed by atoms with E-state index in [1.54, 1.807) is 0 Å². The molecule has 0 aliphatic heterocycles. The summed E-state index contributed by atoms with van der Waals surface area (Å²) < 4.78 is 90.1. The van der Waals surface area contributed by atoms with Crippen molar-refractivity contribution in [2.75, 3.05) is 12.3 Å². The molecule has 0 spiro atoms. The number of carbonyl (C=O) groups is 1. The maximum absolute atomic E-state index is 14.0. The van der Waals surface area contributed by atoms with Crippen LogP contribution in [-0.4, -0.2) is 36.5 Å². The molecule has 0 bridgehead atoms. The average Bonchev–Trinajstić information content (AvgIpc) is 2.52. The number of halogens is 7. The van der Waals surface area contributed by atoms with Crippen LogP contribution >= 0.6 is 11.8 Å². The standard InChI is InChI=1S/C15H12F7N3OS/c1-3-8-5-9(16)10(6-11(8)27-7-14(17,18)19)24-12(15(20,21)22)25-13(26)23-4-2/h1,5-6H,4,7H2,2H3,(H2,23,24,25,26). The summed E-state index contributed by atoms with van der Waals surface area (Å²) in [5.74, 6) is -2.57. The zero-order valence-corrected chi connectivity index (χ0v) is 14.4. The summed E-state index contributed by atoms with van der Waals surface area (Å²) in [6.45, 7) is 1.47. The van der Waals surface area contributed by atoms with Crippen molar-refractivity contribution in [3.05, 3.63) is 23.5 Å². The summed E-state index contributed by atoms with van der Waals surface area (Å²) in [5, 5.41) is 3.45. The van der Waals surface area contributed by atoms with Gasteiger partial charge in [0.05, 0.1) is 5.75 Å². The first-order valence-electron chi connectivity index (χ1n) is 7.07. The molecule has 148 valence electrons. The third kappa shape index (κ3) is 7.38. The van der Waals surface area contributed by atoms with Crippen LogP contribution in [0, 0.1) is 18.2 Å². The number of alkyl halides is 6. The van der Waals surface area contributed by atoms with Crippen LogP contribution in [0.3, 0.4) is 0 Å². The van der Waals surface area contributed by atoms with Crippen LogP contribution in [0.25, 0.3) is 0 Å². The second-order valence-corrected chi connectivity index (χ2v) is 5.81. The number of carbonyl (C=O) groups excluding carboxylic acids is 1. The second kappa shape index (κ2) is 8.98. The predicted molar refractivity (Wildman–Crippen MR) is 86.5 cm³/mol. The summed E-state index contributed by atoms with van der Waals surface area (Å²) in [7, 11) is 0. The van der Waals surface area contributed by atoms with Gasteiger partial charge in [0.15, 0.2) is 0 Å². The van der Waals surface area contributed by atoms with Gasteiger partial charge < -0.3 is 5.32 Å². The van der Waals surface area contributed by atoms with Gasteiger partial charge in [-0.3, -0.25) is 5.32 Å². The molecule has 12 heteroatoms. The summed E-state index contributed by atoms with van der Waals surface area (Å²) >= 11 is 0.174. The van der Waals surface area contributed by atoms with E-state index in [0.717, 1.165) is 0 Å². The molecule has 2 amide bonds. The summed E-state index contributed by atoms with van der Waals surface area (Å²) in [4.78, 5) is 14.0. The Hall–Kier alpha value is -2.42. The SMILES string of the molecule is C#Cc1cc(F)c(N=C(NC(=O)NCC)C(F)(F)F)cc1SCC(F)(F)F. The monoisotopic (exact) mass is 415 g/mol. The van der Waals surface area contributed by atoms with E-state index < -0.39 is 41.5 Å². The fraction of sp³-hybridized carbons (Fsp3) is 0.333. The Kier molecular flexibility index (Phi) is 7.53. The number of hydrogen-bond acceptors (Lipinski definition) is 3. The third-order valence-corrected chi connectivity index (χ3v) is 3.79. The van der Waals surface area contributed by atoms with Crippen molar-refractivity contribution in [3.8, 4) is 12.3 Å². The Balaban J connectivity index is 3.34. The van der Waals surface area contributed by atoms with Gasteiger partial charge in [0.1, 0.15) is 11.5 Å². The first-order valence-corrected chi connectivity index (χ1v) is 8.06. The van der Waals surface area contributed by atoms with Crippen LogP contribution in [-0.2, 0) is 0 Å². The number of thioether (sulfide) groups is 1. The maximum atomic E-state index is 14.0. The van der Waals surface area contributed by atoms with E-state index >= 15 is 0 Å². The molecule has 2 N–H and O–H groups in total. The molecule has 0 aliphatic rings. The van der Waals surface area contributed by atoms with Crippen LogP contribution in [0.5, 0.6) is 0 Å². The Bertz CT molecular complexity index is 766. The Labute approximate surface area is 153 Å². The maximum Gasteiger partial charge on any atom is 0.449 e. The fourth-order valence-electron chi connectivity index (χ4n) is 1.62. The fourth-order valence-corrected chi connectivity index (χ4v) is 2.40. The number of nitrogens with zero attached hydrogens (tertiary/aromatic N) is 1. The first-order chi connectivity index (χ1) is 12.4. The topological polar surface area (TPSA) is 53.5 Å². The van der Waals surface area contributed by atoms with E-state index in [1.807, 2.05) is 11.2 Å². The number of terminal acetylenes is 1. The van der Waals surface area contributed by atoms with E-state index in [0.29, 0.717) is 12.1 Å². The summed E-state index contributed by atoms with van der Waals surface area (Å²) in [5.41, 5.74) is -1.20. The van der Waals surface area contributed by atoms with Gasteiger partial charge in [0.25, 0.3) is 0 Å². The highest BCUT2D eigenvalue weighted by atomic mass is 32.2. The zero-order chi connectivity index (χ0) is 20.8. The van der Waals surface area contributed by atoms with Crippen molar-refractivity contribution in [3.63, 3.8) is 0 Å². The van der Waals surface area contributed by atoms with Crippen LogP contribution in [0.15, 0.2) is 22.0 Å². The highest BCUT2D eigenvalue weighted by Crippen LogP contribution is 2.34. The summed E-state index contributed by atoms with van der Waals surface area (Å²) in [6, 6.07) is 0.0184. The molecule has 1 aromatic carbocycles. The Morgan fingerprint density at radius 1 is 1.26 bits per heavy atom. The van der Waals surface area contributed by atoms with Gasteiger partial charge in [-0.2, -0.15) is 26.3 Å². The van der Waals surface area contributed by atoms with Crippen molar-refractivity contribution >= 4 is 29.3 Å². The molecule has 4 nitrogen and oxygen atoms in total. The van der Waals surface area contributed by atoms with E-state index in [2.05, 4.69) is 4.99 Å². The van der Waals surface area contributed by atoms with Crippen LogP contribution in [0.2, 0.25) is 0 Å². The average molecular weight is 415 g/mol. The van der Waals surface area contributed by atoms with Crippen molar-refractivity contribution < 1.29 is 35.5 Å². The Morgan fingerprint density at radius 2 is 1.89 bits per heavy atom. The van der Waals surface area contributed by atoms with E-state index in [4.69, 9.17) is 6.42 Å². The normalized spacial score (nSPS) is 12.5. The molecule has 1 rings (SSSR count). The molecule has 0 saturated carbocycles. The lowest BCUT2D eigenvalue weighted by Crippen LogP contribution is -2.45. The lowest BCUT2D eigenvalue weighted by atomic mass is 10.2. The van der Waals surface area contributed by atoms with Gasteiger partial charge in [-0.05, 0) is 19.1 Å². The van der Waals surface area contributed by atoms with Gasteiger partial charge in [0, 0.05) is 17.0 Å². The molecule has 0 aliphatic carbocycles. The number of nitrogens with one attached hydrogen (secondary N) is 2. The van der Waals surface area contributed by atoms with Crippen molar-refractivity contribution in [1.82, 2.24) is 10.6 Å². The minimum atomic E-state index is -5.15. The number of rotatable bonds is 4. The molecule has 0 aromatic heterocycles. The third-order valence-electron chi connectivity index (χ3n) is 2.67. The molecular weight excluding hydrogens is 403 g/mol. The molecule has 27 heavy (non-hydrogen) atoms. The first kappa shape index (κ1) is 22.6. The smallest absolute Gasteiger partial charge is 0.338 e. The van der Waals surface area contributed by atoms with Crippen molar-refractivity contribution in [2.24, 2.45) is 4.99 Å². The van der Waals surface area contributed by atoms with Crippen LogP contribution in [0.1, 0.15) is 12.5 Å². The molecule has 0 radical (unpaired) electrons. The molecular formula is C15H12F7N3OS. The largest absolute Gasteiger partial charge is 0.449 e. The number of hydrogen-bond donors (Lipinski definition) is 2. The highest BCUT2D eigenvalue weighted by Gasteiger charge is 2.37. The number of amidine groups is 1. The van der Waals surface area contributed by atoms with Crippen LogP contribution < -0.4 is 10.6 Å². The molecule has 0 atom stereocenters. The van der Waals surface area contributed by atoms with Gasteiger partial charge >= 0.3 is 18.4 Å². The van der Waals surface area contributed by atoms with E-state index in [9.17, 15) is 35.5 Å². The zero-order valence-electron chi connectivity index (χ0n) is 13.6. The number of aliphatic imine (C=N–C) groups is 1. The summed E-state index contributed by atoms with van der Waals surface area (Å²) in [6.07, 6.45) is -4.64. The molecule has 0 heterocycles. The second-order valence-electron chi connectivity index (χ2n) is 4.79. The van der Waals surface area contributed by atoms with E-state index in [-0.39, 0.29) is 28.8 Å². The van der Waals surface area contributed by atoms with Gasteiger partial charge in [-0.1, -0.05) is 5.92 Å². The lowest BCUT2D eigenvalue weighted by molar-refractivity contribution is -0.105. The lowest BCUT2D eigenvalue weighted by Gasteiger charge is -2.13. The van der Waals surface area contributed by atoms with Crippen molar-refractivity contribution in [2.45, 2.75) is 24.2 Å². The number of amides is 2. The van der Waals surface area contributed by atoms with E-state index in [1.165, 1.54) is 12.2 Å². The molecule has 1 aromatic rings. The number of urea groups is 1. The van der Waals surface area contributed by atoms with Gasteiger partial charge in [-0.15, -0.1) is 18.2 Å². The predicted octanol–water partition coefficient (Wildman–Crippen LogP) is 4.37. The highest BCUT2D eigenvalue weighted by molar-refractivity contribution is 7.99. The molecule has 0 unspecified atom stereocenters. The number of benzene rings is 1. The molecule has 0 saturated heterocycles. The minimum Gasteiger partial charge on any atom is -0.338 e. The van der Waals surface area contributed by atoms with Crippen molar-refractivity contribution in [1.29, 1.82) is 0 Å².